The Morgan fingerprint density at radius 1 is 1.00 bits per heavy atom. The van der Waals surface area contributed by atoms with Crippen molar-refractivity contribution in [2.75, 3.05) is 31.6 Å². The molecule has 1 aliphatic heterocycles. The lowest BCUT2D eigenvalue weighted by atomic mass is 9.78. The first kappa shape index (κ1) is 21.9. The summed E-state index contributed by atoms with van der Waals surface area (Å²) >= 11 is 0. The van der Waals surface area contributed by atoms with Gasteiger partial charge < -0.3 is 10.1 Å². The molecule has 1 amide bonds. The molecule has 2 aromatic rings. The van der Waals surface area contributed by atoms with Crippen LogP contribution in [0, 0.1) is 11.8 Å². The van der Waals surface area contributed by atoms with Gasteiger partial charge in [0.05, 0.1) is 5.41 Å². The van der Waals surface area contributed by atoms with Gasteiger partial charge in [0, 0.05) is 25.3 Å². The molecule has 1 saturated heterocycles. The van der Waals surface area contributed by atoms with Crippen molar-refractivity contribution in [2.24, 2.45) is 11.8 Å². The van der Waals surface area contributed by atoms with Crippen molar-refractivity contribution in [1.82, 2.24) is 4.90 Å². The van der Waals surface area contributed by atoms with Gasteiger partial charge in [-0.3, -0.25) is 9.69 Å². The molecule has 2 atom stereocenters. The third kappa shape index (κ3) is 5.30. The maximum absolute atomic E-state index is 13.3. The fourth-order valence-electron chi connectivity index (χ4n) is 5.54. The minimum atomic E-state index is -0.404. The van der Waals surface area contributed by atoms with Crippen molar-refractivity contribution >= 4 is 11.6 Å². The largest absolute Gasteiger partial charge is 0.492 e. The highest BCUT2D eigenvalue weighted by atomic mass is 16.5. The monoisotopic (exact) mass is 420 g/mol. The van der Waals surface area contributed by atoms with E-state index < -0.39 is 5.41 Å². The number of ether oxygens (including phenoxy) is 1. The van der Waals surface area contributed by atoms with E-state index in [9.17, 15) is 4.79 Å². The zero-order valence-corrected chi connectivity index (χ0v) is 19.0. The van der Waals surface area contributed by atoms with Crippen LogP contribution >= 0.6 is 0 Å². The number of hydrogen-bond acceptors (Lipinski definition) is 3. The number of rotatable bonds is 7. The molecule has 4 heteroatoms. The van der Waals surface area contributed by atoms with Crippen molar-refractivity contribution in [2.45, 2.75) is 51.4 Å². The van der Waals surface area contributed by atoms with Crippen LogP contribution in [0.15, 0.2) is 54.6 Å². The van der Waals surface area contributed by atoms with Crippen LogP contribution in [-0.4, -0.2) is 37.0 Å². The molecule has 2 fully saturated rings. The predicted octanol–water partition coefficient (Wildman–Crippen LogP) is 5.49. The normalized spacial score (nSPS) is 23.4. The lowest BCUT2D eigenvalue weighted by Crippen LogP contribution is -2.40. The van der Waals surface area contributed by atoms with Crippen LogP contribution in [0.3, 0.4) is 0 Å². The zero-order valence-electron chi connectivity index (χ0n) is 19.0. The molecule has 4 nitrogen and oxygen atoms in total. The highest BCUT2D eigenvalue weighted by Crippen LogP contribution is 2.42. The standard InChI is InChI=1S/C27H36N2O2/c1-21-18-22(2)20-29(19-21)16-17-31-25-12-10-24(11-13-25)28-26(30)27(14-6-7-15-27)23-8-4-3-5-9-23/h3-5,8-13,21-22H,6-7,14-20H2,1-2H3,(H,28,30)/t21-,22+. The molecule has 1 aliphatic carbocycles. The molecule has 2 aliphatic rings. The predicted molar refractivity (Wildman–Crippen MR) is 127 cm³/mol. The van der Waals surface area contributed by atoms with Gasteiger partial charge in [0.15, 0.2) is 0 Å². The van der Waals surface area contributed by atoms with E-state index in [0.717, 1.165) is 61.1 Å². The van der Waals surface area contributed by atoms with Crippen LogP contribution in [-0.2, 0) is 10.2 Å². The minimum absolute atomic E-state index is 0.109. The van der Waals surface area contributed by atoms with Crippen LogP contribution in [0.25, 0.3) is 0 Å². The lowest BCUT2D eigenvalue weighted by molar-refractivity contribution is -0.121. The quantitative estimate of drug-likeness (QED) is 0.644. The highest BCUT2D eigenvalue weighted by Gasteiger charge is 2.42. The van der Waals surface area contributed by atoms with Crippen molar-refractivity contribution < 1.29 is 9.53 Å². The zero-order chi connectivity index (χ0) is 21.7. The van der Waals surface area contributed by atoms with E-state index in [1.165, 1.54) is 19.5 Å². The Bertz CT molecular complexity index is 833. The molecule has 1 saturated carbocycles. The van der Waals surface area contributed by atoms with Crippen LogP contribution in [0.1, 0.15) is 51.5 Å². The first-order chi connectivity index (χ1) is 15.0. The summed E-state index contributed by atoms with van der Waals surface area (Å²) in [6.45, 7) is 8.67. The third-order valence-corrected chi connectivity index (χ3v) is 6.95. The van der Waals surface area contributed by atoms with E-state index >= 15 is 0 Å². The van der Waals surface area contributed by atoms with E-state index in [1.807, 2.05) is 42.5 Å². The summed E-state index contributed by atoms with van der Waals surface area (Å²) in [5, 5.41) is 3.17. The highest BCUT2D eigenvalue weighted by molar-refractivity contribution is 5.99. The molecule has 4 rings (SSSR count). The summed E-state index contributed by atoms with van der Waals surface area (Å²) in [5.74, 6) is 2.50. The lowest BCUT2D eigenvalue weighted by Gasteiger charge is -2.34. The molecular formula is C27H36N2O2. The molecule has 0 unspecified atom stereocenters. The number of nitrogens with one attached hydrogen (secondary N) is 1. The van der Waals surface area contributed by atoms with Crippen molar-refractivity contribution in [3.63, 3.8) is 0 Å². The molecular weight excluding hydrogens is 384 g/mol. The molecule has 0 radical (unpaired) electrons. The molecule has 1 N–H and O–H groups in total. The second kappa shape index (κ2) is 9.86. The molecule has 2 aromatic carbocycles. The van der Waals surface area contributed by atoms with Gasteiger partial charge >= 0.3 is 0 Å². The summed E-state index contributed by atoms with van der Waals surface area (Å²) in [4.78, 5) is 15.8. The number of likely N-dealkylation sites (tertiary alicyclic amines) is 1. The Kier molecular flexibility index (Phi) is 6.96. The SMILES string of the molecule is C[C@@H]1C[C@H](C)CN(CCOc2ccc(NC(=O)C3(c4ccccc4)CCCC3)cc2)C1. The molecule has 31 heavy (non-hydrogen) atoms. The fourth-order valence-corrected chi connectivity index (χ4v) is 5.54. The second-order valence-corrected chi connectivity index (χ2v) is 9.69. The van der Waals surface area contributed by atoms with Gasteiger partial charge in [-0.1, -0.05) is 57.0 Å². The number of amides is 1. The first-order valence-corrected chi connectivity index (χ1v) is 11.9. The van der Waals surface area contributed by atoms with Crippen molar-refractivity contribution in [3.05, 3.63) is 60.2 Å². The van der Waals surface area contributed by atoms with Gasteiger partial charge in [0.2, 0.25) is 5.91 Å². The van der Waals surface area contributed by atoms with Gasteiger partial charge in [0.25, 0.3) is 0 Å². The summed E-state index contributed by atoms with van der Waals surface area (Å²) in [7, 11) is 0. The maximum Gasteiger partial charge on any atom is 0.235 e. The second-order valence-electron chi connectivity index (χ2n) is 9.69. The summed E-state index contributed by atoms with van der Waals surface area (Å²) in [5.41, 5.74) is 1.56. The first-order valence-electron chi connectivity index (χ1n) is 11.9. The van der Waals surface area contributed by atoms with Gasteiger partial charge in [-0.2, -0.15) is 0 Å². The van der Waals surface area contributed by atoms with E-state index in [-0.39, 0.29) is 5.91 Å². The Morgan fingerprint density at radius 3 is 2.29 bits per heavy atom. The smallest absolute Gasteiger partial charge is 0.235 e. The Morgan fingerprint density at radius 2 is 1.65 bits per heavy atom. The average molecular weight is 421 g/mol. The minimum Gasteiger partial charge on any atom is -0.492 e. The Hall–Kier alpha value is -2.33. The van der Waals surface area contributed by atoms with Crippen LogP contribution < -0.4 is 10.1 Å². The van der Waals surface area contributed by atoms with Crippen LogP contribution in [0.4, 0.5) is 5.69 Å². The number of carbonyl (C=O) groups excluding carboxylic acids is 1. The Labute approximate surface area is 187 Å². The van der Waals surface area contributed by atoms with Gasteiger partial charge in [0.1, 0.15) is 12.4 Å². The number of nitrogens with zero attached hydrogens (tertiary/aromatic N) is 1. The molecule has 1 heterocycles. The molecule has 0 bridgehead atoms. The van der Waals surface area contributed by atoms with Crippen LogP contribution in [0.2, 0.25) is 0 Å². The summed E-state index contributed by atoms with van der Waals surface area (Å²) in [6, 6.07) is 18.1. The third-order valence-electron chi connectivity index (χ3n) is 6.95. The van der Waals surface area contributed by atoms with E-state index in [2.05, 4.69) is 36.2 Å². The topological polar surface area (TPSA) is 41.6 Å². The van der Waals surface area contributed by atoms with E-state index in [0.29, 0.717) is 6.61 Å². The Balaban J connectivity index is 1.31. The summed E-state index contributed by atoms with van der Waals surface area (Å²) in [6.07, 6.45) is 5.36. The number of piperidine rings is 1. The van der Waals surface area contributed by atoms with Gasteiger partial charge in [-0.15, -0.1) is 0 Å². The van der Waals surface area contributed by atoms with Crippen LogP contribution in [0.5, 0.6) is 5.75 Å². The molecule has 166 valence electrons. The van der Waals surface area contributed by atoms with E-state index in [4.69, 9.17) is 4.74 Å². The van der Waals surface area contributed by atoms with Crippen molar-refractivity contribution in [1.29, 1.82) is 0 Å². The average Bonchev–Trinajstić information content (AvgIpc) is 3.26. The fraction of sp³-hybridized carbons (Fsp3) is 0.519. The maximum atomic E-state index is 13.3. The molecule has 0 spiro atoms. The van der Waals surface area contributed by atoms with E-state index in [1.54, 1.807) is 0 Å². The summed E-state index contributed by atoms with van der Waals surface area (Å²) < 4.78 is 5.97. The van der Waals surface area contributed by atoms with Crippen molar-refractivity contribution in [3.8, 4) is 5.75 Å². The number of hydrogen-bond donors (Lipinski definition) is 1. The van der Waals surface area contributed by atoms with Gasteiger partial charge in [-0.25, -0.2) is 0 Å². The molecule has 0 aromatic heterocycles. The number of benzene rings is 2. The number of anilines is 1. The van der Waals surface area contributed by atoms with Gasteiger partial charge in [-0.05, 0) is 60.9 Å². The number of carbonyl (C=O) groups is 1.